The lowest BCUT2D eigenvalue weighted by Gasteiger charge is -2.33. The van der Waals surface area contributed by atoms with Gasteiger partial charge in [-0.05, 0) is 45.3 Å². The summed E-state index contributed by atoms with van der Waals surface area (Å²) in [6.07, 6.45) is 9.91. The maximum absolute atomic E-state index is 12.3. The Morgan fingerprint density at radius 2 is 1.75 bits per heavy atom. The minimum absolute atomic E-state index is 0.234. The van der Waals surface area contributed by atoms with Crippen LogP contribution in [0.2, 0.25) is 0 Å². The predicted octanol–water partition coefficient (Wildman–Crippen LogP) is 1.90. The van der Waals surface area contributed by atoms with Crippen LogP contribution >= 0.6 is 0 Å². The van der Waals surface area contributed by atoms with Gasteiger partial charge in [-0.2, -0.15) is 0 Å². The lowest BCUT2D eigenvalue weighted by Crippen LogP contribution is -2.48. The number of amides is 1. The van der Waals surface area contributed by atoms with E-state index >= 15 is 0 Å². The summed E-state index contributed by atoms with van der Waals surface area (Å²) >= 11 is 0. The molecule has 0 aromatic carbocycles. The summed E-state index contributed by atoms with van der Waals surface area (Å²) in [5.41, 5.74) is 0. The summed E-state index contributed by atoms with van der Waals surface area (Å²) < 4.78 is 0. The van der Waals surface area contributed by atoms with Gasteiger partial charge in [0.25, 0.3) is 0 Å². The number of piperidine rings is 1. The van der Waals surface area contributed by atoms with Crippen molar-refractivity contribution >= 4 is 5.91 Å². The maximum Gasteiger partial charge on any atom is 0.234 e. The van der Waals surface area contributed by atoms with Crippen molar-refractivity contribution in [2.24, 2.45) is 0 Å². The van der Waals surface area contributed by atoms with Crippen molar-refractivity contribution in [2.45, 2.75) is 70.4 Å². The van der Waals surface area contributed by atoms with Crippen molar-refractivity contribution in [1.29, 1.82) is 0 Å². The van der Waals surface area contributed by atoms with Gasteiger partial charge in [0.1, 0.15) is 0 Å². The largest absolute Gasteiger partial charge is 0.352 e. The average molecular weight is 281 g/mol. The van der Waals surface area contributed by atoms with Crippen molar-refractivity contribution in [2.75, 3.05) is 26.2 Å². The second-order valence-electron chi connectivity index (χ2n) is 6.30. The molecule has 4 heteroatoms. The monoisotopic (exact) mass is 281 g/mol. The highest BCUT2D eigenvalue weighted by atomic mass is 16.2. The van der Waals surface area contributed by atoms with Crippen LogP contribution in [0.1, 0.15) is 58.3 Å². The molecule has 2 aliphatic rings. The molecule has 1 saturated carbocycles. The normalized spacial score (nSPS) is 22.7. The van der Waals surface area contributed by atoms with Crippen LogP contribution in [-0.4, -0.2) is 49.1 Å². The molecule has 2 N–H and O–H groups in total. The number of carbonyl (C=O) groups is 1. The third kappa shape index (κ3) is 5.06. The smallest absolute Gasteiger partial charge is 0.234 e. The molecule has 4 nitrogen and oxygen atoms in total. The van der Waals surface area contributed by atoms with Crippen LogP contribution in [0.15, 0.2) is 0 Å². The van der Waals surface area contributed by atoms with Crippen LogP contribution in [0, 0.1) is 0 Å². The van der Waals surface area contributed by atoms with E-state index in [-0.39, 0.29) is 5.91 Å². The summed E-state index contributed by atoms with van der Waals surface area (Å²) in [4.78, 5) is 14.6. The highest BCUT2D eigenvalue weighted by molar-refractivity contribution is 5.78. The van der Waals surface area contributed by atoms with Gasteiger partial charge in [0, 0.05) is 12.1 Å². The van der Waals surface area contributed by atoms with Crippen LogP contribution in [0.4, 0.5) is 0 Å². The summed E-state index contributed by atoms with van der Waals surface area (Å²) in [5, 5.41) is 6.66. The third-order valence-electron chi connectivity index (χ3n) is 4.80. The second kappa shape index (κ2) is 8.63. The molecule has 20 heavy (non-hydrogen) atoms. The van der Waals surface area contributed by atoms with E-state index in [4.69, 9.17) is 0 Å². The van der Waals surface area contributed by atoms with Crippen LogP contribution in [-0.2, 0) is 4.79 Å². The van der Waals surface area contributed by atoms with Gasteiger partial charge in [0.2, 0.25) is 5.91 Å². The molecule has 0 bridgehead atoms. The van der Waals surface area contributed by atoms with E-state index in [2.05, 4.69) is 22.5 Å². The van der Waals surface area contributed by atoms with E-state index in [0.29, 0.717) is 18.6 Å². The highest BCUT2D eigenvalue weighted by Gasteiger charge is 2.22. The van der Waals surface area contributed by atoms with Gasteiger partial charge in [0.15, 0.2) is 0 Å². The molecule has 1 heterocycles. The van der Waals surface area contributed by atoms with E-state index in [9.17, 15) is 4.79 Å². The van der Waals surface area contributed by atoms with Gasteiger partial charge >= 0.3 is 0 Å². The zero-order valence-electron chi connectivity index (χ0n) is 13.0. The third-order valence-corrected chi connectivity index (χ3v) is 4.80. The topological polar surface area (TPSA) is 44.4 Å². The molecule has 0 atom stereocenters. The number of nitrogens with one attached hydrogen (secondary N) is 2. The molecule has 1 aliphatic heterocycles. The fourth-order valence-corrected chi connectivity index (χ4v) is 3.55. The van der Waals surface area contributed by atoms with Crippen molar-refractivity contribution < 1.29 is 4.79 Å². The Hall–Kier alpha value is -0.610. The van der Waals surface area contributed by atoms with Gasteiger partial charge in [-0.25, -0.2) is 0 Å². The number of rotatable bonds is 5. The zero-order chi connectivity index (χ0) is 14.2. The first-order valence-corrected chi connectivity index (χ1v) is 8.53. The SMILES string of the molecule is CCN(CC(=O)NC1CCCCCC1)C1CCNCC1. The molecule has 2 fully saturated rings. The Bertz CT molecular complexity index is 281. The van der Waals surface area contributed by atoms with E-state index < -0.39 is 0 Å². The Morgan fingerprint density at radius 3 is 2.35 bits per heavy atom. The summed E-state index contributed by atoms with van der Waals surface area (Å²) in [7, 11) is 0. The van der Waals surface area contributed by atoms with Crippen LogP contribution in [0.3, 0.4) is 0 Å². The van der Waals surface area contributed by atoms with Gasteiger partial charge in [-0.3, -0.25) is 9.69 Å². The minimum atomic E-state index is 0.234. The first-order valence-electron chi connectivity index (χ1n) is 8.53. The highest BCUT2D eigenvalue weighted by Crippen LogP contribution is 2.17. The van der Waals surface area contributed by atoms with Crippen molar-refractivity contribution in [1.82, 2.24) is 15.5 Å². The standard InChI is InChI=1S/C16H31N3O/c1-2-19(15-9-11-17-12-10-15)13-16(20)18-14-7-5-3-4-6-8-14/h14-15,17H,2-13H2,1H3,(H,18,20). The van der Waals surface area contributed by atoms with Gasteiger partial charge in [-0.15, -0.1) is 0 Å². The lowest BCUT2D eigenvalue weighted by atomic mass is 10.0. The Kier molecular flexibility index (Phi) is 6.80. The molecular weight excluding hydrogens is 250 g/mol. The number of nitrogens with zero attached hydrogens (tertiary/aromatic N) is 1. The van der Waals surface area contributed by atoms with Crippen LogP contribution < -0.4 is 10.6 Å². The maximum atomic E-state index is 12.3. The molecule has 1 aliphatic carbocycles. The number of hydrogen-bond donors (Lipinski definition) is 2. The molecule has 1 saturated heterocycles. The van der Waals surface area contributed by atoms with Crippen molar-refractivity contribution in [3.63, 3.8) is 0 Å². The Labute approximate surface area is 123 Å². The predicted molar refractivity (Wildman–Crippen MR) is 82.8 cm³/mol. The zero-order valence-corrected chi connectivity index (χ0v) is 13.0. The fourth-order valence-electron chi connectivity index (χ4n) is 3.55. The molecule has 0 unspecified atom stereocenters. The van der Waals surface area contributed by atoms with Gasteiger partial charge in [-0.1, -0.05) is 32.6 Å². The molecule has 0 radical (unpaired) electrons. The minimum Gasteiger partial charge on any atom is -0.352 e. The number of hydrogen-bond acceptors (Lipinski definition) is 3. The van der Waals surface area contributed by atoms with E-state index in [1.54, 1.807) is 0 Å². The van der Waals surface area contributed by atoms with Crippen molar-refractivity contribution in [3.8, 4) is 0 Å². The summed E-state index contributed by atoms with van der Waals surface area (Å²) in [6.45, 7) is 5.90. The number of likely N-dealkylation sites (N-methyl/N-ethyl adjacent to an activating group) is 1. The Morgan fingerprint density at radius 1 is 1.10 bits per heavy atom. The van der Waals surface area contributed by atoms with Gasteiger partial charge in [0.05, 0.1) is 6.54 Å². The Balaban J connectivity index is 1.75. The van der Waals surface area contributed by atoms with Crippen LogP contribution in [0.25, 0.3) is 0 Å². The fraction of sp³-hybridized carbons (Fsp3) is 0.938. The van der Waals surface area contributed by atoms with E-state index in [0.717, 1.165) is 19.6 Å². The molecule has 2 rings (SSSR count). The molecule has 116 valence electrons. The average Bonchev–Trinajstić information content (AvgIpc) is 2.74. The van der Waals surface area contributed by atoms with Crippen molar-refractivity contribution in [3.05, 3.63) is 0 Å². The summed E-state index contributed by atoms with van der Waals surface area (Å²) in [5.74, 6) is 0.234. The lowest BCUT2D eigenvalue weighted by molar-refractivity contribution is -0.123. The summed E-state index contributed by atoms with van der Waals surface area (Å²) in [6, 6.07) is 1.01. The molecule has 0 spiro atoms. The second-order valence-corrected chi connectivity index (χ2v) is 6.30. The molecule has 1 amide bonds. The van der Waals surface area contributed by atoms with E-state index in [1.807, 2.05) is 0 Å². The molecule has 0 aromatic heterocycles. The number of carbonyl (C=O) groups excluding carboxylic acids is 1. The van der Waals surface area contributed by atoms with E-state index in [1.165, 1.54) is 51.4 Å². The quantitative estimate of drug-likeness (QED) is 0.757. The van der Waals surface area contributed by atoms with Gasteiger partial charge < -0.3 is 10.6 Å². The molecular formula is C16H31N3O. The first kappa shape index (κ1) is 15.8. The molecule has 0 aromatic rings. The first-order chi connectivity index (χ1) is 9.79. The van der Waals surface area contributed by atoms with Crippen LogP contribution in [0.5, 0.6) is 0 Å².